The van der Waals surface area contributed by atoms with E-state index in [4.69, 9.17) is 4.98 Å². The minimum Gasteiger partial charge on any atom is -0.346 e. The maximum atomic E-state index is 4.98. The summed E-state index contributed by atoms with van der Waals surface area (Å²) in [5.41, 5.74) is 1.50. The lowest BCUT2D eigenvalue weighted by atomic mass is 9.97. The van der Waals surface area contributed by atoms with E-state index in [0.717, 1.165) is 13.0 Å². The summed E-state index contributed by atoms with van der Waals surface area (Å²) in [5.74, 6) is 0. The number of fused-ring (bicyclic) bond motifs is 1. The zero-order valence-corrected chi connectivity index (χ0v) is 14.4. The van der Waals surface area contributed by atoms with Gasteiger partial charge in [-0.1, -0.05) is 13.8 Å². The van der Waals surface area contributed by atoms with E-state index in [0.29, 0.717) is 6.04 Å². The van der Waals surface area contributed by atoms with Crippen molar-refractivity contribution in [3.05, 3.63) is 10.6 Å². The molecule has 3 nitrogen and oxygen atoms in total. The van der Waals surface area contributed by atoms with Crippen LogP contribution in [0.15, 0.2) is 0 Å². The summed E-state index contributed by atoms with van der Waals surface area (Å²) >= 11 is 1.90. The van der Waals surface area contributed by atoms with Crippen molar-refractivity contribution < 1.29 is 0 Å². The van der Waals surface area contributed by atoms with Crippen LogP contribution in [-0.2, 0) is 6.42 Å². The second-order valence-corrected chi connectivity index (χ2v) is 7.49. The van der Waals surface area contributed by atoms with Crippen LogP contribution in [0.5, 0.6) is 0 Å². The van der Waals surface area contributed by atoms with Gasteiger partial charge < -0.3 is 10.2 Å². The van der Waals surface area contributed by atoms with Crippen LogP contribution < -0.4 is 10.2 Å². The number of thiazole rings is 1. The number of anilines is 1. The van der Waals surface area contributed by atoms with Gasteiger partial charge in [0.05, 0.1) is 11.7 Å². The zero-order chi connectivity index (χ0) is 14.8. The lowest BCUT2D eigenvalue weighted by molar-refractivity contribution is 0.450. The van der Waals surface area contributed by atoms with Gasteiger partial charge in [0, 0.05) is 17.5 Å². The fourth-order valence-corrected chi connectivity index (χ4v) is 3.85. The van der Waals surface area contributed by atoms with Crippen LogP contribution >= 0.6 is 11.3 Å². The first-order valence-electron chi connectivity index (χ1n) is 7.96. The summed E-state index contributed by atoms with van der Waals surface area (Å²) in [6.45, 7) is 10.1. The summed E-state index contributed by atoms with van der Waals surface area (Å²) < 4.78 is 0. The Bertz CT molecular complexity index is 439. The van der Waals surface area contributed by atoms with Crippen molar-refractivity contribution in [3.8, 4) is 0 Å². The van der Waals surface area contributed by atoms with Crippen LogP contribution in [0, 0.1) is 0 Å². The van der Waals surface area contributed by atoms with Gasteiger partial charge in [-0.15, -0.1) is 11.3 Å². The molecule has 20 heavy (non-hydrogen) atoms. The third kappa shape index (κ3) is 3.17. The highest BCUT2D eigenvalue weighted by atomic mass is 32.1. The lowest BCUT2D eigenvalue weighted by Gasteiger charge is -2.34. The van der Waals surface area contributed by atoms with Crippen molar-refractivity contribution in [2.45, 2.75) is 71.4 Å². The average molecular weight is 295 g/mol. The molecule has 0 saturated heterocycles. The molecule has 0 aromatic carbocycles. The van der Waals surface area contributed by atoms with Gasteiger partial charge in [0.25, 0.3) is 0 Å². The number of hydrogen-bond acceptors (Lipinski definition) is 4. The molecule has 0 aliphatic heterocycles. The van der Waals surface area contributed by atoms with Crippen molar-refractivity contribution >= 4 is 16.5 Å². The van der Waals surface area contributed by atoms with Gasteiger partial charge in [-0.2, -0.15) is 0 Å². The normalized spacial score (nSPS) is 18.9. The van der Waals surface area contributed by atoms with Gasteiger partial charge in [0.15, 0.2) is 5.13 Å². The van der Waals surface area contributed by atoms with E-state index in [2.05, 4.69) is 45.0 Å². The number of aromatic nitrogens is 1. The third-order valence-corrected chi connectivity index (χ3v) is 5.85. The molecule has 0 amide bonds. The number of hydrogen-bond donors (Lipinski definition) is 1. The van der Waals surface area contributed by atoms with E-state index in [1.165, 1.54) is 41.4 Å². The van der Waals surface area contributed by atoms with E-state index < -0.39 is 0 Å². The summed E-state index contributed by atoms with van der Waals surface area (Å²) in [7, 11) is 2.18. The molecule has 1 aliphatic rings. The van der Waals surface area contributed by atoms with Gasteiger partial charge >= 0.3 is 0 Å². The molecule has 0 saturated carbocycles. The molecule has 1 aromatic heterocycles. The van der Waals surface area contributed by atoms with Crippen molar-refractivity contribution in [2.75, 3.05) is 18.5 Å². The molecule has 1 atom stereocenters. The largest absolute Gasteiger partial charge is 0.346 e. The number of aryl methyl sites for hydroxylation is 1. The first kappa shape index (κ1) is 15.8. The van der Waals surface area contributed by atoms with E-state index >= 15 is 0 Å². The number of nitrogens with one attached hydrogen (secondary N) is 1. The van der Waals surface area contributed by atoms with Crippen molar-refractivity contribution in [1.82, 2.24) is 10.3 Å². The molecular weight excluding hydrogens is 266 g/mol. The molecule has 0 fully saturated rings. The Balaban J connectivity index is 2.21. The monoisotopic (exact) mass is 295 g/mol. The molecule has 114 valence electrons. The topological polar surface area (TPSA) is 28.2 Å². The maximum absolute atomic E-state index is 4.98. The standard InChI is InChI=1S/C16H29N3S/c1-6-11-17-12-9-8-10-13-14(12)18-15(20-13)19(5)16(3,4)7-2/h12,17H,6-11H2,1-5H3. The zero-order valence-electron chi connectivity index (χ0n) is 13.6. The van der Waals surface area contributed by atoms with Gasteiger partial charge in [-0.05, 0) is 52.5 Å². The highest BCUT2D eigenvalue weighted by Crippen LogP contribution is 2.38. The molecule has 1 aliphatic carbocycles. The summed E-state index contributed by atoms with van der Waals surface area (Å²) in [4.78, 5) is 8.83. The van der Waals surface area contributed by atoms with Gasteiger partial charge in [-0.25, -0.2) is 4.98 Å². The average Bonchev–Trinajstić information content (AvgIpc) is 2.88. The molecule has 0 radical (unpaired) electrons. The Morgan fingerprint density at radius 3 is 2.80 bits per heavy atom. The van der Waals surface area contributed by atoms with Crippen LogP contribution in [0.4, 0.5) is 5.13 Å². The maximum Gasteiger partial charge on any atom is 0.186 e. The Morgan fingerprint density at radius 2 is 2.15 bits per heavy atom. The van der Waals surface area contributed by atoms with Crippen LogP contribution in [0.2, 0.25) is 0 Å². The van der Waals surface area contributed by atoms with Crippen LogP contribution in [-0.4, -0.2) is 24.1 Å². The SMILES string of the molecule is CCCNC1CCCc2sc(N(C)C(C)(C)CC)nc21. The van der Waals surface area contributed by atoms with Gasteiger partial charge in [0.1, 0.15) is 0 Å². The Hall–Kier alpha value is -0.610. The number of rotatable bonds is 6. The van der Waals surface area contributed by atoms with Crippen molar-refractivity contribution in [2.24, 2.45) is 0 Å². The third-order valence-electron chi connectivity index (χ3n) is 4.64. The molecule has 1 N–H and O–H groups in total. The highest BCUT2D eigenvalue weighted by molar-refractivity contribution is 7.15. The predicted octanol–water partition coefficient (Wildman–Crippen LogP) is 4.14. The molecule has 0 spiro atoms. The van der Waals surface area contributed by atoms with Gasteiger partial charge in [0.2, 0.25) is 0 Å². The molecular formula is C16H29N3S. The summed E-state index contributed by atoms with van der Waals surface area (Å²) in [5, 5.41) is 4.85. The Morgan fingerprint density at radius 1 is 1.40 bits per heavy atom. The Labute approximate surface area is 127 Å². The van der Waals surface area contributed by atoms with E-state index in [9.17, 15) is 0 Å². The summed E-state index contributed by atoms with van der Waals surface area (Å²) in [6.07, 6.45) is 6.04. The second kappa shape index (κ2) is 6.44. The van der Waals surface area contributed by atoms with E-state index in [-0.39, 0.29) is 5.54 Å². The highest BCUT2D eigenvalue weighted by Gasteiger charge is 2.29. The van der Waals surface area contributed by atoms with Crippen molar-refractivity contribution in [3.63, 3.8) is 0 Å². The smallest absolute Gasteiger partial charge is 0.186 e. The minimum atomic E-state index is 0.173. The van der Waals surface area contributed by atoms with E-state index in [1.54, 1.807) is 0 Å². The fourth-order valence-electron chi connectivity index (χ4n) is 2.56. The number of nitrogens with zero attached hydrogens (tertiary/aromatic N) is 2. The molecule has 1 heterocycles. The minimum absolute atomic E-state index is 0.173. The molecule has 0 bridgehead atoms. The Kier molecular flexibility index (Phi) is 5.08. The van der Waals surface area contributed by atoms with E-state index in [1.807, 2.05) is 11.3 Å². The first-order valence-corrected chi connectivity index (χ1v) is 8.78. The van der Waals surface area contributed by atoms with Gasteiger partial charge in [-0.3, -0.25) is 0 Å². The van der Waals surface area contributed by atoms with Crippen LogP contribution in [0.1, 0.15) is 70.0 Å². The molecule has 4 heteroatoms. The molecule has 2 rings (SSSR count). The molecule has 1 aromatic rings. The molecule has 1 unspecified atom stereocenters. The van der Waals surface area contributed by atoms with Crippen molar-refractivity contribution in [1.29, 1.82) is 0 Å². The summed E-state index contributed by atoms with van der Waals surface area (Å²) in [6, 6.07) is 0.474. The quantitative estimate of drug-likeness (QED) is 0.854. The second-order valence-electron chi connectivity index (χ2n) is 6.43. The fraction of sp³-hybridized carbons (Fsp3) is 0.812. The predicted molar refractivity (Wildman–Crippen MR) is 88.9 cm³/mol. The first-order chi connectivity index (χ1) is 9.49. The van der Waals surface area contributed by atoms with Crippen LogP contribution in [0.3, 0.4) is 0 Å². The van der Waals surface area contributed by atoms with Crippen LogP contribution in [0.25, 0.3) is 0 Å². The lowest BCUT2D eigenvalue weighted by Crippen LogP contribution is -2.40.